The summed E-state index contributed by atoms with van der Waals surface area (Å²) < 4.78 is 12.6. The Morgan fingerprint density at radius 2 is 2.36 bits per heavy atom. The summed E-state index contributed by atoms with van der Waals surface area (Å²) in [6.45, 7) is 3.91. The van der Waals surface area contributed by atoms with Crippen molar-refractivity contribution in [2.75, 3.05) is 13.1 Å². The minimum atomic E-state index is -0.921. The van der Waals surface area contributed by atoms with Crippen molar-refractivity contribution in [3.8, 4) is 0 Å². The Morgan fingerprint density at radius 3 is 2.79 bits per heavy atom. The van der Waals surface area contributed by atoms with E-state index in [9.17, 15) is 9.18 Å². The molecule has 1 saturated heterocycles. The Hall–Kier alpha value is -0.320. The van der Waals surface area contributed by atoms with Crippen molar-refractivity contribution in [3.63, 3.8) is 0 Å². The number of carbonyl (C=O) groups is 1. The van der Waals surface area contributed by atoms with Gasteiger partial charge in [0.2, 0.25) is 5.91 Å². The Labute approximate surface area is 93.5 Å². The SMILES string of the molecule is C=C(Cl)CNC(=O)[C@H]1C[C@H](F)CN1.Cl. The molecule has 6 heteroatoms. The lowest BCUT2D eigenvalue weighted by Crippen LogP contribution is -2.40. The smallest absolute Gasteiger partial charge is 0.237 e. The van der Waals surface area contributed by atoms with Gasteiger partial charge in [-0.3, -0.25) is 4.79 Å². The molecule has 0 aromatic rings. The maximum Gasteiger partial charge on any atom is 0.237 e. The largest absolute Gasteiger partial charge is 0.350 e. The first kappa shape index (κ1) is 13.7. The van der Waals surface area contributed by atoms with Crippen LogP contribution in [0.25, 0.3) is 0 Å². The highest BCUT2D eigenvalue weighted by Gasteiger charge is 2.28. The zero-order valence-corrected chi connectivity index (χ0v) is 9.13. The van der Waals surface area contributed by atoms with Crippen LogP contribution in [0.1, 0.15) is 6.42 Å². The van der Waals surface area contributed by atoms with Gasteiger partial charge in [0.15, 0.2) is 0 Å². The van der Waals surface area contributed by atoms with E-state index in [-0.39, 0.29) is 37.8 Å². The van der Waals surface area contributed by atoms with E-state index >= 15 is 0 Å². The first-order valence-electron chi connectivity index (χ1n) is 4.08. The van der Waals surface area contributed by atoms with E-state index in [1.165, 1.54) is 0 Å². The molecule has 0 bridgehead atoms. The van der Waals surface area contributed by atoms with Gasteiger partial charge >= 0.3 is 0 Å². The number of nitrogens with one attached hydrogen (secondary N) is 2. The molecule has 0 aliphatic carbocycles. The van der Waals surface area contributed by atoms with Gasteiger partial charge in [-0.25, -0.2) is 4.39 Å². The molecule has 14 heavy (non-hydrogen) atoms. The summed E-state index contributed by atoms with van der Waals surface area (Å²) in [6, 6.07) is -0.425. The van der Waals surface area contributed by atoms with Crippen LogP contribution in [0, 0.1) is 0 Å². The third-order valence-electron chi connectivity index (χ3n) is 1.85. The van der Waals surface area contributed by atoms with E-state index in [0.717, 1.165) is 0 Å². The highest BCUT2D eigenvalue weighted by atomic mass is 35.5. The summed E-state index contributed by atoms with van der Waals surface area (Å²) in [5.41, 5.74) is 0. The number of amides is 1. The molecule has 0 radical (unpaired) electrons. The van der Waals surface area contributed by atoms with Gasteiger partial charge in [-0.05, 0) is 0 Å². The second kappa shape index (κ2) is 6.22. The van der Waals surface area contributed by atoms with E-state index in [2.05, 4.69) is 17.2 Å². The monoisotopic (exact) mass is 242 g/mol. The molecule has 1 fully saturated rings. The second-order valence-electron chi connectivity index (χ2n) is 3.03. The van der Waals surface area contributed by atoms with Gasteiger partial charge in [0, 0.05) is 18.0 Å². The van der Waals surface area contributed by atoms with Gasteiger partial charge in [0.1, 0.15) is 6.17 Å². The standard InChI is InChI=1S/C8H12ClFN2O.ClH/c1-5(9)3-12-8(13)7-2-6(10)4-11-7;/h6-7,11H,1-4H2,(H,12,13);1H/t6-,7+;/m0./s1. The Balaban J connectivity index is 0.00000169. The van der Waals surface area contributed by atoms with E-state index < -0.39 is 12.2 Å². The molecular formula is C8H13Cl2FN2O. The van der Waals surface area contributed by atoms with Crippen molar-refractivity contribution in [3.05, 3.63) is 11.6 Å². The lowest BCUT2D eigenvalue weighted by atomic mass is 10.2. The van der Waals surface area contributed by atoms with Crippen molar-refractivity contribution >= 4 is 29.9 Å². The van der Waals surface area contributed by atoms with Crippen LogP contribution in [0.2, 0.25) is 0 Å². The zero-order valence-electron chi connectivity index (χ0n) is 7.56. The summed E-state index contributed by atoms with van der Waals surface area (Å²) in [5, 5.41) is 5.68. The van der Waals surface area contributed by atoms with Gasteiger partial charge in [0.25, 0.3) is 0 Å². The third kappa shape index (κ3) is 4.26. The average Bonchev–Trinajstić information content (AvgIpc) is 2.47. The molecule has 1 amide bonds. The van der Waals surface area contributed by atoms with Crippen molar-refractivity contribution in [2.45, 2.75) is 18.6 Å². The molecule has 82 valence electrons. The van der Waals surface area contributed by atoms with Crippen LogP contribution in [-0.4, -0.2) is 31.2 Å². The van der Waals surface area contributed by atoms with E-state index in [4.69, 9.17) is 11.6 Å². The fourth-order valence-electron chi connectivity index (χ4n) is 1.20. The zero-order chi connectivity index (χ0) is 9.84. The highest BCUT2D eigenvalue weighted by molar-refractivity contribution is 6.29. The molecular weight excluding hydrogens is 230 g/mol. The van der Waals surface area contributed by atoms with Crippen LogP contribution in [-0.2, 0) is 4.79 Å². The predicted molar refractivity (Wildman–Crippen MR) is 56.6 cm³/mol. The van der Waals surface area contributed by atoms with Crippen LogP contribution in [0.5, 0.6) is 0 Å². The van der Waals surface area contributed by atoms with Gasteiger partial charge in [0.05, 0.1) is 12.6 Å². The lowest BCUT2D eigenvalue weighted by Gasteiger charge is -2.09. The quantitative estimate of drug-likeness (QED) is 0.775. The van der Waals surface area contributed by atoms with Crippen LogP contribution in [0.4, 0.5) is 4.39 Å². The second-order valence-corrected chi connectivity index (χ2v) is 3.56. The predicted octanol–water partition coefficient (Wildman–Crippen LogP) is 0.977. The average molecular weight is 243 g/mol. The molecule has 0 unspecified atom stereocenters. The maximum absolute atomic E-state index is 12.6. The first-order chi connectivity index (χ1) is 6.09. The molecule has 0 saturated carbocycles. The summed E-state index contributed by atoms with van der Waals surface area (Å²) in [7, 11) is 0. The van der Waals surface area contributed by atoms with Crippen molar-refractivity contribution in [2.24, 2.45) is 0 Å². The molecule has 1 rings (SSSR count). The normalized spacial score (nSPS) is 25.3. The fraction of sp³-hybridized carbons (Fsp3) is 0.625. The first-order valence-corrected chi connectivity index (χ1v) is 4.46. The Bertz CT molecular complexity index is 225. The number of halogens is 3. The van der Waals surface area contributed by atoms with Crippen LogP contribution in [0.3, 0.4) is 0 Å². The van der Waals surface area contributed by atoms with Crippen LogP contribution in [0.15, 0.2) is 11.6 Å². The molecule has 2 N–H and O–H groups in total. The number of carbonyl (C=O) groups excluding carboxylic acids is 1. The number of hydrogen-bond donors (Lipinski definition) is 2. The Morgan fingerprint density at radius 1 is 1.71 bits per heavy atom. The van der Waals surface area contributed by atoms with Gasteiger partial charge < -0.3 is 10.6 Å². The molecule has 1 aliphatic heterocycles. The minimum absolute atomic E-state index is 0. The van der Waals surface area contributed by atoms with E-state index in [1.54, 1.807) is 0 Å². The number of hydrogen-bond acceptors (Lipinski definition) is 2. The van der Waals surface area contributed by atoms with Crippen molar-refractivity contribution in [1.82, 2.24) is 10.6 Å². The molecule has 2 atom stereocenters. The van der Waals surface area contributed by atoms with Gasteiger partial charge in [-0.1, -0.05) is 18.2 Å². The van der Waals surface area contributed by atoms with Crippen LogP contribution >= 0.6 is 24.0 Å². The summed E-state index contributed by atoms with van der Waals surface area (Å²) in [4.78, 5) is 11.3. The summed E-state index contributed by atoms with van der Waals surface area (Å²) >= 11 is 5.45. The van der Waals surface area contributed by atoms with Gasteiger partial charge in [-0.2, -0.15) is 0 Å². The molecule has 0 spiro atoms. The van der Waals surface area contributed by atoms with Crippen LogP contribution < -0.4 is 10.6 Å². The molecule has 1 heterocycles. The lowest BCUT2D eigenvalue weighted by molar-refractivity contribution is -0.122. The summed E-state index contributed by atoms with van der Waals surface area (Å²) in [5.74, 6) is -0.220. The molecule has 0 aromatic carbocycles. The van der Waals surface area contributed by atoms with E-state index in [0.29, 0.717) is 5.03 Å². The topological polar surface area (TPSA) is 41.1 Å². The van der Waals surface area contributed by atoms with Crippen molar-refractivity contribution < 1.29 is 9.18 Å². The Kier molecular flexibility index (Phi) is 6.08. The summed E-state index contributed by atoms with van der Waals surface area (Å²) in [6.07, 6.45) is -0.685. The maximum atomic E-state index is 12.6. The van der Waals surface area contributed by atoms with E-state index in [1.807, 2.05) is 0 Å². The van der Waals surface area contributed by atoms with Crippen molar-refractivity contribution in [1.29, 1.82) is 0 Å². The molecule has 3 nitrogen and oxygen atoms in total. The number of rotatable bonds is 3. The minimum Gasteiger partial charge on any atom is -0.350 e. The molecule has 0 aromatic heterocycles. The molecule has 1 aliphatic rings. The third-order valence-corrected chi connectivity index (χ3v) is 1.98. The fourth-order valence-corrected chi connectivity index (χ4v) is 1.27. The van der Waals surface area contributed by atoms with Gasteiger partial charge in [-0.15, -0.1) is 12.4 Å². The highest BCUT2D eigenvalue weighted by Crippen LogP contribution is 2.09. The number of alkyl halides is 1.